The van der Waals surface area contributed by atoms with Gasteiger partial charge in [-0.05, 0) is 38.8 Å². The number of unbranched alkanes of at least 4 members (excludes halogenated alkanes) is 4. The van der Waals surface area contributed by atoms with Crippen molar-refractivity contribution in [3.63, 3.8) is 0 Å². The lowest BCUT2D eigenvalue weighted by Crippen LogP contribution is -2.48. The molecule has 2 rings (SSSR count). The Morgan fingerprint density at radius 3 is 2.26 bits per heavy atom. The van der Waals surface area contributed by atoms with Gasteiger partial charge in [0, 0.05) is 55.9 Å². The first kappa shape index (κ1) is 34.8. The summed E-state index contributed by atoms with van der Waals surface area (Å²) in [6, 6.07) is 1.29. The molecule has 0 saturated carbocycles. The van der Waals surface area contributed by atoms with Crippen LogP contribution in [0.2, 0.25) is 0 Å². The molecule has 0 bridgehead atoms. The van der Waals surface area contributed by atoms with Crippen molar-refractivity contribution in [3.8, 4) is 0 Å². The van der Waals surface area contributed by atoms with Gasteiger partial charge in [-0.2, -0.15) is 0 Å². The van der Waals surface area contributed by atoms with E-state index in [1.807, 2.05) is 13.8 Å². The molecular weight excluding hydrogens is 548 g/mol. The van der Waals surface area contributed by atoms with Crippen molar-refractivity contribution in [3.05, 3.63) is 29.6 Å². The van der Waals surface area contributed by atoms with E-state index in [2.05, 4.69) is 20.9 Å². The molecule has 3 N–H and O–H groups in total. The van der Waals surface area contributed by atoms with Crippen molar-refractivity contribution < 1.29 is 32.8 Å². The van der Waals surface area contributed by atoms with Crippen molar-refractivity contribution in [1.29, 1.82) is 0 Å². The van der Waals surface area contributed by atoms with Crippen LogP contribution in [0.15, 0.2) is 18.3 Å². The van der Waals surface area contributed by atoms with E-state index in [9.17, 15) is 32.8 Å². The normalized spacial score (nSPS) is 16.6. The Bertz CT molecular complexity index is 1100. The number of carbonyl (C=O) groups excluding carboxylic acids is 5. The fourth-order valence-corrected chi connectivity index (χ4v) is 4.68. The summed E-state index contributed by atoms with van der Waals surface area (Å²) in [4.78, 5) is 66.3. The van der Waals surface area contributed by atoms with Crippen molar-refractivity contribution in [2.75, 3.05) is 13.1 Å². The second-order valence-electron chi connectivity index (χ2n) is 11.4. The minimum atomic E-state index is -2.94. The van der Waals surface area contributed by atoms with Gasteiger partial charge in [0.15, 0.2) is 0 Å². The molecule has 0 unspecified atom stereocenters. The van der Waals surface area contributed by atoms with Gasteiger partial charge in [-0.3, -0.25) is 29.0 Å². The molecule has 1 aromatic heterocycles. The van der Waals surface area contributed by atoms with Crippen LogP contribution in [0, 0.1) is 5.92 Å². The van der Waals surface area contributed by atoms with Crippen LogP contribution in [-0.2, 0) is 25.7 Å². The van der Waals surface area contributed by atoms with Gasteiger partial charge >= 0.3 is 0 Å². The lowest BCUT2D eigenvalue weighted by Gasteiger charge is -2.25. The Labute approximate surface area is 246 Å². The minimum absolute atomic E-state index is 0.00346. The molecule has 1 saturated heterocycles. The lowest BCUT2D eigenvalue weighted by molar-refractivity contribution is -0.134. The molecule has 1 fully saturated rings. The third kappa shape index (κ3) is 12.2. The zero-order chi connectivity index (χ0) is 31.3. The number of ketones is 1. The predicted molar refractivity (Wildman–Crippen MR) is 154 cm³/mol. The first-order valence-electron chi connectivity index (χ1n) is 14.8. The highest BCUT2D eigenvalue weighted by Crippen LogP contribution is 2.32. The molecule has 1 aliphatic heterocycles. The summed E-state index contributed by atoms with van der Waals surface area (Å²) in [7, 11) is 0. The van der Waals surface area contributed by atoms with E-state index in [0.29, 0.717) is 24.4 Å². The summed E-state index contributed by atoms with van der Waals surface area (Å²) >= 11 is 0. The van der Waals surface area contributed by atoms with Crippen LogP contribution in [0.5, 0.6) is 0 Å². The lowest BCUT2D eigenvalue weighted by atomic mass is 10.0. The molecule has 10 nitrogen and oxygen atoms in total. The van der Waals surface area contributed by atoms with E-state index in [4.69, 9.17) is 0 Å². The average molecular weight is 594 g/mol. The third-order valence-corrected chi connectivity index (χ3v) is 7.22. The van der Waals surface area contributed by atoms with Crippen LogP contribution in [0.1, 0.15) is 102 Å². The van der Waals surface area contributed by atoms with Crippen molar-refractivity contribution >= 4 is 29.4 Å². The number of amides is 4. The molecule has 234 valence electrons. The first-order chi connectivity index (χ1) is 19.8. The number of Topliss-reactive ketones (excluding diaryl/α,β-unsaturated/α-hetero) is 1. The number of pyridine rings is 1. The van der Waals surface area contributed by atoms with Gasteiger partial charge in [-0.15, -0.1) is 0 Å². The highest BCUT2D eigenvalue weighted by Gasteiger charge is 2.45. The van der Waals surface area contributed by atoms with Gasteiger partial charge in [0.1, 0.15) is 11.8 Å². The summed E-state index contributed by atoms with van der Waals surface area (Å²) in [5.74, 6) is -4.25. The summed E-state index contributed by atoms with van der Waals surface area (Å²) in [5.41, 5.74) is 0.609. The van der Waals surface area contributed by atoms with E-state index >= 15 is 0 Å². The summed E-state index contributed by atoms with van der Waals surface area (Å²) < 4.78 is 27.3. The maximum atomic E-state index is 13.7. The van der Waals surface area contributed by atoms with E-state index in [0.717, 1.165) is 37.0 Å². The predicted octanol–water partition coefficient (Wildman–Crippen LogP) is 3.53. The smallest absolute Gasteiger partial charge is 0.267 e. The molecule has 0 spiro atoms. The number of alkyl halides is 2. The highest BCUT2D eigenvalue weighted by atomic mass is 19.3. The van der Waals surface area contributed by atoms with E-state index in [1.165, 1.54) is 25.3 Å². The van der Waals surface area contributed by atoms with Crippen LogP contribution < -0.4 is 16.0 Å². The zero-order valence-corrected chi connectivity index (χ0v) is 25.1. The molecule has 2 heterocycles. The molecule has 0 aliphatic carbocycles. The molecule has 0 radical (unpaired) electrons. The van der Waals surface area contributed by atoms with E-state index in [1.54, 1.807) is 6.92 Å². The number of aromatic nitrogens is 1. The topological polar surface area (TPSA) is 138 Å². The number of likely N-dealkylation sites (tertiary alicyclic amines) is 1. The number of nitrogens with zero attached hydrogens (tertiary/aromatic N) is 2. The Morgan fingerprint density at radius 1 is 0.976 bits per heavy atom. The van der Waals surface area contributed by atoms with E-state index in [-0.39, 0.29) is 42.7 Å². The molecule has 12 heteroatoms. The second-order valence-corrected chi connectivity index (χ2v) is 11.4. The molecule has 1 aliphatic rings. The maximum absolute atomic E-state index is 13.7. The van der Waals surface area contributed by atoms with Gasteiger partial charge in [0.2, 0.25) is 17.7 Å². The monoisotopic (exact) mass is 593 g/mol. The number of hydrogen-bond acceptors (Lipinski definition) is 6. The van der Waals surface area contributed by atoms with Crippen LogP contribution >= 0.6 is 0 Å². The van der Waals surface area contributed by atoms with Gasteiger partial charge in [-0.25, -0.2) is 8.78 Å². The number of nitrogens with one attached hydrogen (secondary N) is 3. The van der Waals surface area contributed by atoms with E-state index < -0.39 is 42.8 Å². The molecule has 42 heavy (non-hydrogen) atoms. The fraction of sp³-hybridized carbons (Fsp3) is 0.667. The molecular formula is C30H45F2N5O5. The van der Waals surface area contributed by atoms with Gasteiger partial charge in [-0.1, -0.05) is 33.1 Å². The summed E-state index contributed by atoms with van der Waals surface area (Å²) in [5, 5.41) is 8.02. The first-order valence-corrected chi connectivity index (χ1v) is 14.8. The number of halogens is 2. The SMILES string of the molecule is CC(C)C(=O)CCCCCCCNC(=O)CCC(=O)NCc1cc(C(=O)N[C@H](C)C(=O)N2CC(F)(F)C[C@H]2C)ccn1. The van der Waals surface area contributed by atoms with Crippen LogP contribution in [-0.4, -0.2) is 70.4 Å². The Kier molecular flexibility index (Phi) is 14.0. The summed E-state index contributed by atoms with van der Waals surface area (Å²) in [6.45, 7) is 6.73. The van der Waals surface area contributed by atoms with Crippen LogP contribution in [0.4, 0.5) is 8.78 Å². The number of carbonyl (C=O) groups is 5. The number of rotatable bonds is 17. The van der Waals surface area contributed by atoms with Crippen molar-refractivity contribution in [2.24, 2.45) is 5.92 Å². The summed E-state index contributed by atoms with van der Waals surface area (Å²) in [6.07, 6.45) is 6.37. The number of hydrogen-bond donors (Lipinski definition) is 3. The Morgan fingerprint density at radius 2 is 1.62 bits per heavy atom. The Balaban J connectivity index is 1.64. The largest absolute Gasteiger partial charge is 0.356 e. The molecule has 4 amide bonds. The Hall–Kier alpha value is -3.44. The molecule has 2 atom stereocenters. The quantitative estimate of drug-likeness (QED) is 0.236. The molecule has 1 aromatic rings. The standard InChI is InChI=1S/C30H45F2N5O5/c1-20(2)25(38)10-8-6-5-7-9-14-34-26(39)11-12-27(40)35-18-24-16-23(13-15-33-24)28(41)36-22(4)29(42)37-19-30(31,32)17-21(37)3/h13,15-16,20-22H,5-12,14,17-19H2,1-4H3,(H,34,39)(H,35,40)(H,36,41)/t21-,22-/m1/s1. The van der Waals surface area contributed by atoms with Crippen LogP contribution in [0.3, 0.4) is 0 Å². The van der Waals surface area contributed by atoms with Gasteiger partial charge < -0.3 is 20.9 Å². The fourth-order valence-electron chi connectivity index (χ4n) is 4.68. The second kappa shape index (κ2) is 16.9. The minimum Gasteiger partial charge on any atom is -0.356 e. The highest BCUT2D eigenvalue weighted by molar-refractivity contribution is 5.97. The maximum Gasteiger partial charge on any atom is 0.267 e. The zero-order valence-electron chi connectivity index (χ0n) is 25.1. The van der Waals surface area contributed by atoms with Gasteiger partial charge in [0.25, 0.3) is 11.8 Å². The molecule has 0 aromatic carbocycles. The van der Waals surface area contributed by atoms with Crippen LogP contribution in [0.25, 0.3) is 0 Å². The average Bonchev–Trinajstić information content (AvgIpc) is 3.23. The third-order valence-electron chi connectivity index (χ3n) is 7.22. The van der Waals surface area contributed by atoms with Crippen molar-refractivity contribution in [1.82, 2.24) is 25.8 Å². The van der Waals surface area contributed by atoms with Gasteiger partial charge in [0.05, 0.1) is 18.8 Å². The van der Waals surface area contributed by atoms with Crippen molar-refractivity contribution in [2.45, 2.75) is 110 Å².